The zero-order valence-corrected chi connectivity index (χ0v) is 9.32. The molecule has 0 aliphatic carbocycles. The Kier molecular flexibility index (Phi) is 5.44. The van der Waals surface area contributed by atoms with E-state index < -0.39 is 0 Å². The minimum Gasteiger partial charge on any atom is -0.338 e. The molecule has 0 aromatic rings. The molecule has 0 bridgehead atoms. The second-order valence-corrected chi connectivity index (χ2v) is 4.21. The number of aliphatic imine (C=N–C) groups is 1. The smallest absolute Gasteiger partial charge is 0.320 e. The van der Waals surface area contributed by atoms with Gasteiger partial charge < -0.3 is 5.32 Å². The molecule has 0 radical (unpaired) electrons. The summed E-state index contributed by atoms with van der Waals surface area (Å²) in [4.78, 5) is 15.4. The molecule has 1 aliphatic rings. The van der Waals surface area contributed by atoms with Crippen LogP contribution < -0.4 is 10.6 Å². The Morgan fingerprint density at radius 2 is 2.43 bits per heavy atom. The summed E-state index contributed by atoms with van der Waals surface area (Å²) in [5.74, 6) is 0.978. The number of urea groups is 1. The van der Waals surface area contributed by atoms with Gasteiger partial charge in [0.2, 0.25) is 0 Å². The molecular weight excluding hydrogens is 198 g/mol. The highest BCUT2D eigenvalue weighted by Gasteiger charge is 2.09. The van der Waals surface area contributed by atoms with Crippen LogP contribution in [0.2, 0.25) is 0 Å². The second kappa shape index (κ2) is 6.70. The summed E-state index contributed by atoms with van der Waals surface area (Å²) in [6.45, 7) is 3.71. The molecule has 0 unspecified atom stereocenters. The van der Waals surface area contributed by atoms with Crippen LogP contribution in [0.15, 0.2) is 4.99 Å². The number of rotatable bonds is 4. The van der Waals surface area contributed by atoms with Gasteiger partial charge in [0.25, 0.3) is 0 Å². The van der Waals surface area contributed by atoms with Crippen LogP contribution in [-0.4, -0.2) is 30.0 Å². The van der Waals surface area contributed by atoms with Gasteiger partial charge in [-0.25, -0.2) is 4.79 Å². The van der Waals surface area contributed by atoms with Crippen molar-refractivity contribution in [2.45, 2.75) is 26.2 Å². The molecular formula is C9H17N3OS. The lowest BCUT2D eigenvalue weighted by molar-refractivity contribution is 0.245. The number of unbranched alkanes of at least 4 members (excludes halogenated alkanes) is 2. The van der Waals surface area contributed by atoms with Gasteiger partial charge in [-0.1, -0.05) is 31.5 Å². The first-order chi connectivity index (χ1) is 6.83. The Hall–Kier alpha value is -0.710. The summed E-state index contributed by atoms with van der Waals surface area (Å²) in [7, 11) is 0. The van der Waals surface area contributed by atoms with Crippen molar-refractivity contribution >= 4 is 23.0 Å². The van der Waals surface area contributed by atoms with Crippen LogP contribution in [0, 0.1) is 0 Å². The normalized spacial score (nSPS) is 15.1. The van der Waals surface area contributed by atoms with E-state index in [1.54, 1.807) is 11.8 Å². The molecule has 14 heavy (non-hydrogen) atoms. The van der Waals surface area contributed by atoms with E-state index in [2.05, 4.69) is 22.5 Å². The third kappa shape index (κ3) is 4.50. The minimum absolute atomic E-state index is 0.130. The summed E-state index contributed by atoms with van der Waals surface area (Å²) in [6.07, 6.45) is 3.38. The van der Waals surface area contributed by atoms with E-state index in [1.807, 2.05) is 0 Å². The summed E-state index contributed by atoms with van der Waals surface area (Å²) >= 11 is 1.59. The highest BCUT2D eigenvalue weighted by Crippen LogP contribution is 2.08. The fourth-order valence-corrected chi connectivity index (χ4v) is 1.85. The molecule has 0 fully saturated rings. The second-order valence-electron chi connectivity index (χ2n) is 3.12. The lowest BCUT2D eigenvalue weighted by Crippen LogP contribution is -2.38. The number of amides is 2. The van der Waals surface area contributed by atoms with Crippen molar-refractivity contribution in [1.82, 2.24) is 10.6 Å². The SMILES string of the molecule is CCCCCNC(=O)NC1=NCCS1. The summed E-state index contributed by atoms with van der Waals surface area (Å²) < 4.78 is 0. The van der Waals surface area contributed by atoms with Gasteiger partial charge in [0, 0.05) is 12.3 Å². The number of carbonyl (C=O) groups is 1. The Balaban J connectivity index is 2.04. The van der Waals surface area contributed by atoms with Crippen molar-refractivity contribution in [2.24, 2.45) is 4.99 Å². The fourth-order valence-electron chi connectivity index (χ4n) is 1.13. The van der Waals surface area contributed by atoms with E-state index in [9.17, 15) is 4.79 Å². The molecule has 2 amide bonds. The average molecular weight is 215 g/mol. The maximum absolute atomic E-state index is 11.2. The Morgan fingerprint density at radius 1 is 1.57 bits per heavy atom. The maximum Gasteiger partial charge on any atom is 0.320 e. The van der Waals surface area contributed by atoms with E-state index in [0.29, 0.717) is 0 Å². The Labute approximate surface area is 88.9 Å². The highest BCUT2D eigenvalue weighted by molar-refractivity contribution is 8.14. The predicted molar refractivity (Wildman–Crippen MR) is 60.8 cm³/mol. The van der Waals surface area contributed by atoms with Crippen LogP contribution in [-0.2, 0) is 0 Å². The number of carbonyl (C=O) groups excluding carboxylic acids is 1. The number of thioether (sulfide) groups is 1. The van der Waals surface area contributed by atoms with E-state index in [0.717, 1.165) is 36.9 Å². The van der Waals surface area contributed by atoms with Gasteiger partial charge in [-0.2, -0.15) is 0 Å². The molecule has 80 valence electrons. The number of amidine groups is 1. The van der Waals surface area contributed by atoms with Crippen molar-refractivity contribution in [3.8, 4) is 0 Å². The first kappa shape index (κ1) is 11.4. The van der Waals surface area contributed by atoms with Gasteiger partial charge in [0.1, 0.15) is 0 Å². The summed E-state index contributed by atoms with van der Waals surface area (Å²) in [5.41, 5.74) is 0. The van der Waals surface area contributed by atoms with Crippen molar-refractivity contribution in [3.63, 3.8) is 0 Å². The van der Waals surface area contributed by atoms with Gasteiger partial charge in [-0.15, -0.1) is 0 Å². The predicted octanol–water partition coefficient (Wildman–Crippen LogP) is 1.58. The van der Waals surface area contributed by atoms with E-state index in [-0.39, 0.29) is 6.03 Å². The number of nitrogens with one attached hydrogen (secondary N) is 2. The van der Waals surface area contributed by atoms with Crippen molar-refractivity contribution in [3.05, 3.63) is 0 Å². The molecule has 0 saturated carbocycles. The quantitative estimate of drug-likeness (QED) is 0.700. The van der Waals surface area contributed by atoms with Crippen LogP contribution in [0.1, 0.15) is 26.2 Å². The average Bonchev–Trinajstić information content (AvgIpc) is 2.65. The molecule has 0 aromatic heterocycles. The molecule has 1 rings (SSSR count). The zero-order chi connectivity index (χ0) is 10.2. The number of nitrogens with zero attached hydrogens (tertiary/aromatic N) is 1. The van der Waals surface area contributed by atoms with Crippen molar-refractivity contribution in [1.29, 1.82) is 0 Å². The van der Waals surface area contributed by atoms with E-state index in [4.69, 9.17) is 0 Å². The molecule has 1 aliphatic heterocycles. The first-order valence-electron chi connectivity index (χ1n) is 5.05. The molecule has 0 aromatic carbocycles. The zero-order valence-electron chi connectivity index (χ0n) is 8.51. The van der Waals surface area contributed by atoms with Crippen molar-refractivity contribution < 1.29 is 4.79 Å². The number of hydrogen-bond donors (Lipinski definition) is 2. The monoisotopic (exact) mass is 215 g/mol. The lowest BCUT2D eigenvalue weighted by Gasteiger charge is -2.05. The van der Waals surface area contributed by atoms with Gasteiger partial charge in [0.15, 0.2) is 5.17 Å². The standard InChI is InChI=1S/C9H17N3OS/c1-2-3-4-5-10-8(13)12-9-11-6-7-14-9/h2-7H2,1H3,(H2,10,11,12,13). The highest BCUT2D eigenvalue weighted by atomic mass is 32.2. The van der Waals surface area contributed by atoms with Crippen LogP contribution in [0.3, 0.4) is 0 Å². The molecule has 0 atom stereocenters. The van der Waals surface area contributed by atoms with Gasteiger partial charge in [-0.05, 0) is 6.42 Å². The molecule has 0 spiro atoms. The van der Waals surface area contributed by atoms with E-state index >= 15 is 0 Å². The minimum atomic E-state index is -0.130. The van der Waals surface area contributed by atoms with Gasteiger partial charge in [-0.3, -0.25) is 10.3 Å². The number of hydrogen-bond acceptors (Lipinski definition) is 3. The fraction of sp³-hybridized carbons (Fsp3) is 0.778. The topological polar surface area (TPSA) is 53.5 Å². The van der Waals surface area contributed by atoms with Gasteiger partial charge >= 0.3 is 6.03 Å². The first-order valence-corrected chi connectivity index (χ1v) is 6.03. The molecule has 5 heteroatoms. The van der Waals surface area contributed by atoms with Crippen LogP contribution in [0.5, 0.6) is 0 Å². The van der Waals surface area contributed by atoms with Crippen LogP contribution in [0.25, 0.3) is 0 Å². The Morgan fingerprint density at radius 3 is 3.07 bits per heavy atom. The Bertz CT molecular complexity index is 218. The molecule has 1 heterocycles. The lowest BCUT2D eigenvalue weighted by atomic mass is 10.2. The third-order valence-corrected chi connectivity index (χ3v) is 2.76. The summed E-state index contributed by atoms with van der Waals surface area (Å²) in [5, 5.41) is 6.27. The third-order valence-electron chi connectivity index (χ3n) is 1.87. The van der Waals surface area contributed by atoms with Crippen LogP contribution >= 0.6 is 11.8 Å². The largest absolute Gasteiger partial charge is 0.338 e. The van der Waals surface area contributed by atoms with Crippen molar-refractivity contribution in [2.75, 3.05) is 18.8 Å². The molecule has 2 N–H and O–H groups in total. The van der Waals surface area contributed by atoms with Crippen LogP contribution in [0.4, 0.5) is 4.79 Å². The molecule has 0 saturated heterocycles. The van der Waals surface area contributed by atoms with E-state index in [1.165, 1.54) is 6.42 Å². The maximum atomic E-state index is 11.2. The summed E-state index contributed by atoms with van der Waals surface area (Å²) in [6, 6.07) is -0.130. The molecule has 4 nitrogen and oxygen atoms in total. The van der Waals surface area contributed by atoms with Gasteiger partial charge in [0.05, 0.1) is 6.54 Å².